The van der Waals surface area contributed by atoms with Crippen molar-refractivity contribution in [2.24, 2.45) is 0 Å². The standard InChI is InChI=1S/C12H5Cl6N5/c13-11(14,15)9-21-8(22-10(23-9)12(16,17)18)5-1-2-6-7(3-5)20-4-19-6/h1-4H,(H,19,20). The molecule has 0 amide bonds. The summed E-state index contributed by atoms with van der Waals surface area (Å²) >= 11 is 35.1. The average Bonchev–Trinajstić information content (AvgIpc) is 2.92. The molecule has 0 saturated carbocycles. The van der Waals surface area contributed by atoms with Gasteiger partial charge >= 0.3 is 0 Å². The van der Waals surface area contributed by atoms with Crippen LogP contribution < -0.4 is 0 Å². The summed E-state index contributed by atoms with van der Waals surface area (Å²) in [4.78, 5) is 19.3. The van der Waals surface area contributed by atoms with E-state index in [1.54, 1.807) is 24.5 Å². The van der Waals surface area contributed by atoms with Gasteiger partial charge in [-0.15, -0.1) is 0 Å². The van der Waals surface area contributed by atoms with Crippen LogP contribution in [0.1, 0.15) is 11.6 Å². The van der Waals surface area contributed by atoms with Crippen LogP contribution in [0.4, 0.5) is 0 Å². The van der Waals surface area contributed by atoms with E-state index in [0.717, 1.165) is 11.0 Å². The Morgan fingerprint density at radius 1 is 0.826 bits per heavy atom. The van der Waals surface area contributed by atoms with Gasteiger partial charge in [0.25, 0.3) is 0 Å². The average molecular weight is 432 g/mol. The van der Waals surface area contributed by atoms with E-state index in [0.29, 0.717) is 5.56 Å². The Labute approximate surface area is 160 Å². The molecule has 0 spiro atoms. The van der Waals surface area contributed by atoms with Crippen LogP contribution in [0.25, 0.3) is 22.4 Å². The predicted molar refractivity (Wildman–Crippen MR) is 93.4 cm³/mol. The molecular weight excluding hydrogens is 427 g/mol. The summed E-state index contributed by atoms with van der Waals surface area (Å²) in [5.74, 6) is -0.0729. The van der Waals surface area contributed by atoms with E-state index in [4.69, 9.17) is 69.6 Å². The minimum Gasteiger partial charge on any atom is -0.345 e. The number of aromatic nitrogens is 5. The number of hydrogen-bond donors (Lipinski definition) is 1. The van der Waals surface area contributed by atoms with Gasteiger partial charge in [0.2, 0.25) is 7.59 Å². The van der Waals surface area contributed by atoms with Gasteiger partial charge < -0.3 is 4.98 Å². The van der Waals surface area contributed by atoms with Crippen molar-refractivity contribution in [1.82, 2.24) is 24.9 Å². The predicted octanol–water partition coefficient (Wildman–Crippen LogP) is 5.07. The molecule has 0 saturated heterocycles. The number of nitrogens with one attached hydrogen (secondary N) is 1. The molecule has 0 fully saturated rings. The van der Waals surface area contributed by atoms with Gasteiger partial charge in [0, 0.05) is 5.56 Å². The lowest BCUT2D eigenvalue weighted by atomic mass is 10.2. The van der Waals surface area contributed by atoms with Crippen molar-refractivity contribution in [3.63, 3.8) is 0 Å². The van der Waals surface area contributed by atoms with Gasteiger partial charge in [0.05, 0.1) is 17.4 Å². The first-order chi connectivity index (χ1) is 10.6. The first-order valence-electron chi connectivity index (χ1n) is 5.98. The molecule has 11 heteroatoms. The number of alkyl halides is 6. The molecule has 1 N–H and O–H groups in total. The van der Waals surface area contributed by atoms with Gasteiger partial charge in [-0.3, -0.25) is 0 Å². The number of hydrogen-bond acceptors (Lipinski definition) is 4. The Morgan fingerprint density at radius 2 is 1.43 bits per heavy atom. The molecule has 0 atom stereocenters. The summed E-state index contributed by atoms with van der Waals surface area (Å²) < 4.78 is -3.78. The Balaban J connectivity index is 2.21. The number of nitrogens with zero attached hydrogens (tertiary/aromatic N) is 4. The van der Waals surface area contributed by atoms with Crippen molar-refractivity contribution in [3.8, 4) is 11.4 Å². The molecule has 2 heterocycles. The third kappa shape index (κ3) is 3.76. The van der Waals surface area contributed by atoms with Crippen molar-refractivity contribution in [1.29, 1.82) is 0 Å². The molecule has 0 aliphatic carbocycles. The fourth-order valence-corrected chi connectivity index (χ4v) is 2.34. The summed E-state index contributed by atoms with van der Waals surface area (Å²) in [5.41, 5.74) is 2.19. The van der Waals surface area contributed by atoms with Crippen LogP contribution in [0.5, 0.6) is 0 Å². The van der Waals surface area contributed by atoms with E-state index >= 15 is 0 Å². The molecule has 3 rings (SSSR count). The molecule has 0 aliphatic rings. The van der Waals surface area contributed by atoms with Crippen molar-refractivity contribution in [2.75, 3.05) is 0 Å². The second kappa shape index (κ2) is 6.06. The Bertz CT molecular complexity index is 834. The fourth-order valence-electron chi connectivity index (χ4n) is 1.83. The maximum atomic E-state index is 5.85. The SMILES string of the molecule is ClC(Cl)(Cl)c1nc(-c2ccc3nc[nH]c3c2)nc(C(Cl)(Cl)Cl)n1. The molecule has 120 valence electrons. The molecule has 1 aromatic carbocycles. The number of halogens is 6. The number of H-pyrrole nitrogens is 1. The molecule has 0 unspecified atom stereocenters. The van der Waals surface area contributed by atoms with Crippen molar-refractivity contribution in [3.05, 3.63) is 36.2 Å². The molecule has 23 heavy (non-hydrogen) atoms. The van der Waals surface area contributed by atoms with E-state index in [1.807, 2.05) is 0 Å². The van der Waals surface area contributed by atoms with Gasteiger partial charge in [-0.05, 0) is 18.2 Å². The Morgan fingerprint density at radius 3 is 2.00 bits per heavy atom. The molecule has 0 bridgehead atoms. The number of rotatable bonds is 1. The molecule has 0 radical (unpaired) electrons. The van der Waals surface area contributed by atoms with E-state index in [-0.39, 0.29) is 17.5 Å². The maximum Gasteiger partial charge on any atom is 0.250 e. The number of aromatic amines is 1. The summed E-state index contributed by atoms with van der Waals surface area (Å²) in [6.07, 6.45) is 1.57. The second-order valence-corrected chi connectivity index (χ2v) is 9.00. The topological polar surface area (TPSA) is 67.3 Å². The first kappa shape index (κ1) is 17.3. The number of imidazole rings is 1. The second-order valence-electron chi connectivity index (χ2n) is 4.44. The third-order valence-electron chi connectivity index (χ3n) is 2.82. The lowest BCUT2D eigenvalue weighted by Gasteiger charge is -2.15. The third-order valence-corrected chi connectivity index (χ3v) is 3.84. The van der Waals surface area contributed by atoms with E-state index in [1.165, 1.54) is 0 Å². The van der Waals surface area contributed by atoms with Crippen LogP contribution in [-0.2, 0) is 7.59 Å². The zero-order valence-corrected chi connectivity index (χ0v) is 15.4. The molecule has 3 aromatic rings. The monoisotopic (exact) mass is 429 g/mol. The lowest BCUT2D eigenvalue weighted by Crippen LogP contribution is -2.16. The van der Waals surface area contributed by atoms with Gasteiger partial charge in [-0.25, -0.2) is 19.9 Å². The van der Waals surface area contributed by atoms with Crippen molar-refractivity contribution >= 4 is 80.6 Å². The van der Waals surface area contributed by atoms with Crippen LogP contribution in [0.2, 0.25) is 0 Å². The van der Waals surface area contributed by atoms with Gasteiger partial charge in [0.15, 0.2) is 17.5 Å². The largest absolute Gasteiger partial charge is 0.345 e. The highest BCUT2D eigenvalue weighted by molar-refractivity contribution is 6.67. The summed E-state index contributed by atoms with van der Waals surface area (Å²) in [7, 11) is 0. The minimum absolute atomic E-state index is 0.140. The van der Waals surface area contributed by atoms with Crippen molar-refractivity contribution in [2.45, 2.75) is 7.59 Å². The smallest absolute Gasteiger partial charge is 0.250 e. The minimum atomic E-state index is -1.89. The summed E-state index contributed by atoms with van der Waals surface area (Å²) in [5, 5.41) is 0. The molecule has 0 aliphatic heterocycles. The van der Waals surface area contributed by atoms with Crippen LogP contribution in [0.15, 0.2) is 24.5 Å². The van der Waals surface area contributed by atoms with Crippen LogP contribution in [0.3, 0.4) is 0 Å². The maximum absolute atomic E-state index is 5.85. The normalized spacial score (nSPS) is 12.8. The Hall–Kier alpha value is -0.560. The molecular formula is C12H5Cl6N5. The highest BCUT2D eigenvalue weighted by atomic mass is 35.6. The fraction of sp³-hybridized carbons (Fsp3) is 0.167. The first-order valence-corrected chi connectivity index (χ1v) is 8.25. The van der Waals surface area contributed by atoms with Crippen LogP contribution in [-0.4, -0.2) is 24.9 Å². The highest BCUT2D eigenvalue weighted by Gasteiger charge is 2.34. The van der Waals surface area contributed by atoms with Gasteiger partial charge in [0.1, 0.15) is 0 Å². The van der Waals surface area contributed by atoms with E-state index in [2.05, 4.69) is 24.9 Å². The zero-order valence-electron chi connectivity index (χ0n) is 10.9. The zero-order chi connectivity index (χ0) is 16.8. The molecule has 2 aromatic heterocycles. The van der Waals surface area contributed by atoms with Gasteiger partial charge in [-0.1, -0.05) is 69.6 Å². The number of benzene rings is 1. The summed E-state index contributed by atoms with van der Waals surface area (Å²) in [6, 6.07) is 5.32. The van der Waals surface area contributed by atoms with Crippen LogP contribution in [0, 0.1) is 0 Å². The lowest BCUT2D eigenvalue weighted by molar-refractivity contribution is 0.851. The van der Waals surface area contributed by atoms with Crippen molar-refractivity contribution < 1.29 is 0 Å². The Kier molecular flexibility index (Phi) is 4.55. The highest BCUT2D eigenvalue weighted by Crippen LogP contribution is 2.40. The molecule has 5 nitrogen and oxygen atoms in total. The van der Waals surface area contributed by atoms with E-state index in [9.17, 15) is 0 Å². The van der Waals surface area contributed by atoms with Gasteiger partial charge in [-0.2, -0.15) is 0 Å². The summed E-state index contributed by atoms with van der Waals surface area (Å²) in [6.45, 7) is 0. The number of fused-ring (bicyclic) bond motifs is 1. The quantitative estimate of drug-likeness (QED) is 0.546. The van der Waals surface area contributed by atoms with E-state index < -0.39 is 7.59 Å². The van der Waals surface area contributed by atoms with Crippen LogP contribution >= 0.6 is 69.6 Å².